The Morgan fingerprint density at radius 2 is 1.58 bits per heavy atom. The van der Waals surface area contributed by atoms with Crippen molar-refractivity contribution in [3.05, 3.63) is 0 Å². The molecular formula is C21H34N2O3. The summed E-state index contributed by atoms with van der Waals surface area (Å²) in [6, 6.07) is 0. The van der Waals surface area contributed by atoms with Gasteiger partial charge in [0, 0.05) is 26.2 Å². The van der Waals surface area contributed by atoms with Crippen LogP contribution in [-0.4, -0.2) is 38.1 Å². The van der Waals surface area contributed by atoms with Gasteiger partial charge < -0.3 is 15.4 Å². The third-order valence-corrected chi connectivity index (χ3v) is 6.98. The average molecular weight is 363 g/mol. The first-order valence-corrected chi connectivity index (χ1v) is 10.7. The zero-order valence-electron chi connectivity index (χ0n) is 15.9. The Labute approximate surface area is 157 Å². The summed E-state index contributed by atoms with van der Waals surface area (Å²) < 4.78 is 5.55. The smallest absolute Gasteiger partial charge is 0.239 e. The van der Waals surface area contributed by atoms with Crippen molar-refractivity contribution in [1.82, 2.24) is 10.6 Å². The van der Waals surface area contributed by atoms with Crippen LogP contribution in [0.15, 0.2) is 0 Å². The molecule has 0 aromatic rings. The molecule has 0 heterocycles. The number of ether oxygens (including phenoxy) is 1. The molecule has 0 aromatic carbocycles. The molecule has 5 aliphatic carbocycles. The van der Waals surface area contributed by atoms with Crippen molar-refractivity contribution >= 4 is 11.8 Å². The van der Waals surface area contributed by atoms with E-state index in [9.17, 15) is 9.59 Å². The molecule has 2 N–H and O–H groups in total. The molecule has 0 radical (unpaired) electrons. The minimum atomic E-state index is -0.0916. The van der Waals surface area contributed by atoms with Crippen molar-refractivity contribution in [2.24, 2.45) is 29.1 Å². The predicted octanol–water partition coefficient (Wildman–Crippen LogP) is 2.64. The lowest BCUT2D eigenvalue weighted by atomic mass is 9.49. The molecule has 0 aromatic heterocycles. The van der Waals surface area contributed by atoms with E-state index >= 15 is 0 Å². The Bertz CT molecular complexity index is 494. The van der Waals surface area contributed by atoms with E-state index in [1.807, 2.05) is 0 Å². The van der Waals surface area contributed by atoms with Gasteiger partial charge in [0.2, 0.25) is 11.8 Å². The van der Waals surface area contributed by atoms with Crippen LogP contribution < -0.4 is 10.6 Å². The maximum absolute atomic E-state index is 12.4. The van der Waals surface area contributed by atoms with Gasteiger partial charge in [0.1, 0.15) is 0 Å². The van der Waals surface area contributed by atoms with Crippen molar-refractivity contribution < 1.29 is 14.3 Å². The highest BCUT2D eigenvalue weighted by Gasteiger charge is 2.51. The lowest BCUT2D eigenvalue weighted by Gasteiger charge is -2.56. The second kappa shape index (κ2) is 7.87. The molecule has 5 rings (SSSR count). The highest BCUT2D eigenvalue weighted by molar-refractivity contribution is 5.84. The topological polar surface area (TPSA) is 67.4 Å². The summed E-state index contributed by atoms with van der Waals surface area (Å²) in [5.41, 5.74) is 0.244. The highest BCUT2D eigenvalue weighted by atomic mass is 16.5. The lowest BCUT2D eigenvalue weighted by molar-refractivity contribution is -0.131. The molecule has 0 atom stereocenters. The maximum Gasteiger partial charge on any atom is 0.239 e. The molecule has 0 aliphatic heterocycles. The molecule has 5 aliphatic rings. The fraction of sp³-hybridized carbons (Fsp3) is 0.905. The summed E-state index contributed by atoms with van der Waals surface area (Å²) in [6.45, 7) is 2.30. The normalized spacial score (nSPS) is 34.7. The Morgan fingerprint density at radius 1 is 0.923 bits per heavy atom. The van der Waals surface area contributed by atoms with Crippen molar-refractivity contribution in [3.8, 4) is 0 Å². The van der Waals surface area contributed by atoms with Gasteiger partial charge in [0.05, 0.1) is 6.54 Å². The zero-order chi connectivity index (χ0) is 18.0. The van der Waals surface area contributed by atoms with Crippen molar-refractivity contribution in [2.45, 2.75) is 64.2 Å². The van der Waals surface area contributed by atoms with Crippen LogP contribution in [0.5, 0.6) is 0 Å². The van der Waals surface area contributed by atoms with Crippen LogP contribution in [0.2, 0.25) is 0 Å². The van der Waals surface area contributed by atoms with Crippen LogP contribution in [0.4, 0.5) is 0 Å². The minimum Gasteiger partial charge on any atom is -0.381 e. The molecular weight excluding hydrogens is 328 g/mol. The van der Waals surface area contributed by atoms with Crippen LogP contribution in [0, 0.1) is 29.1 Å². The van der Waals surface area contributed by atoms with E-state index in [2.05, 4.69) is 10.6 Å². The largest absolute Gasteiger partial charge is 0.381 e. The van der Waals surface area contributed by atoms with E-state index in [0.717, 1.165) is 36.7 Å². The first kappa shape index (κ1) is 18.3. The molecule has 0 saturated heterocycles. The fourth-order valence-electron chi connectivity index (χ4n) is 6.09. The van der Waals surface area contributed by atoms with E-state index in [4.69, 9.17) is 4.74 Å². The van der Waals surface area contributed by atoms with Crippen molar-refractivity contribution in [3.63, 3.8) is 0 Å². The quantitative estimate of drug-likeness (QED) is 0.587. The number of hydrogen-bond acceptors (Lipinski definition) is 3. The fourth-order valence-corrected chi connectivity index (χ4v) is 6.09. The van der Waals surface area contributed by atoms with E-state index < -0.39 is 0 Å². The second-order valence-corrected chi connectivity index (χ2v) is 9.59. The van der Waals surface area contributed by atoms with Gasteiger partial charge >= 0.3 is 0 Å². The Kier molecular flexibility index (Phi) is 5.53. The number of rotatable bonds is 10. The average Bonchev–Trinajstić information content (AvgIpc) is 3.38. The van der Waals surface area contributed by atoms with Crippen LogP contribution in [0.3, 0.4) is 0 Å². The van der Waals surface area contributed by atoms with Crippen molar-refractivity contribution in [1.29, 1.82) is 0 Å². The summed E-state index contributed by atoms with van der Waals surface area (Å²) >= 11 is 0. The van der Waals surface area contributed by atoms with E-state index in [1.165, 1.54) is 51.4 Å². The minimum absolute atomic E-state index is 0.0647. The molecule has 5 nitrogen and oxygen atoms in total. The van der Waals surface area contributed by atoms with Gasteiger partial charge in [-0.25, -0.2) is 0 Å². The van der Waals surface area contributed by atoms with E-state index in [0.29, 0.717) is 19.6 Å². The Morgan fingerprint density at radius 3 is 2.19 bits per heavy atom. The van der Waals surface area contributed by atoms with Crippen LogP contribution in [-0.2, 0) is 14.3 Å². The van der Waals surface area contributed by atoms with Gasteiger partial charge in [-0.2, -0.15) is 0 Å². The monoisotopic (exact) mass is 362 g/mol. The second-order valence-electron chi connectivity index (χ2n) is 9.59. The number of carbonyl (C=O) groups excluding carboxylic acids is 2. The lowest BCUT2D eigenvalue weighted by Crippen LogP contribution is -2.48. The van der Waals surface area contributed by atoms with Gasteiger partial charge in [-0.3, -0.25) is 9.59 Å². The van der Waals surface area contributed by atoms with Gasteiger partial charge in [-0.05, 0) is 86.9 Å². The molecule has 2 amide bonds. The van der Waals surface area contributed by atoms with Gasteiger partial charge in [-0.1, -0.05) is 0 Å². The molecule has 146 valence electrons. The molecule has 26 heavy (non-hydrogen) atoms. The molecule has 0 spiro atoms. The molecule has 0 unspecified atom stereocenters. The maximum atomic E-state index is 12.4. The molecule has 4 bridgehead atoms. The third kappa shape index (κ3) is 4.79. The SMILES string of the molecule is O=C(CNC(=O)CC12CC3CC(CC(C3)C1)C2)NCCCOCC1CC1. The molecule has 5 fully saturated rings. The first-order chi connectivity index (χ1) is 12.6. The summed E-state index contributed by atoms with van der Waals surface area (Å²) in [5, 5.41) is 5.72. The molecule has 5 saturated carbocycles. The third-order valence-electron chi connectivity index (χ3n) is 6.98. The highest BCUT2D eigenvalue weighted by Crippen LogP contribution is 2.61. The Balaban J connectivity index is 1.09. The summed E-state index contributed by atoms with van der Waals surface area (Å²) in [5.74, 6) is 3.34. The van der Waals surface area contributed by atoms with E-state index in [-0.39, 0.29) is 23.8 Å². The van der Waals surface area contributed by atoms with Crippen LogP contribution >= 0.6 is 0 Å². The summed E-state index contributed by atoms with van der Waals surface area (Å²) in [4.78, 5) is 24.3. The number of amides is 2. The molecule has 5 heteroatoms. The number of hydrogen-bond donors (Lipinski definition) is 2. The zero-order valence-corrected chi connectivity index (χ0v) is 15.9. The van der Waals surface area contributed by atoms with Crippen LogP contribution in [0.1, 0.15) is 64.2 Å². The van der Waals surface area contributed by atoms with Gasteiger partial charge in [0.25, 0.3) is 0 Å². The number of nitrogens with one attached hydrogen (secondary N) is 2. The van der Waals surface area contributed by atoms with Crippen LogP contribution in [0.25, 0.3) is 0 Å². The van der Waals surface area contributed by atoms with E-state index in [1.54, 1.807) is 0 Å². The Hall–Kier alpha value is -1.10. The number of carbonyl (C=O) groups is 2. The standard InChI is InChI=1S/C21H34N2O3/c24-19(12-21-9-16-6-17(10-21)8-18(7-16)11-21)23-13-20(25)22-4-1-5-26-14-15-2-3-15/h15-18H,1-14H2,(H,22,25)(H,23,24). The van der Waals surface area contributed by atoms with Gasteiger partial charge in [-0.15, -0.1) is 0 Å². The van der Waals surface area contributed by atoms with Crippen molar-refractivity contribution in [2.75, 3.05) is 26.3 Å². The predicted molar refractivity (Wildman–Crippen MR) is 99.4 cm³/mol. The summed E-state index contributed by atoms with van der Waals surface area (Å²) in [6.07, 6.45) is 12.0. The van der Waals surface area contributed by atoms with Gasteiger partial charge in [0.15, 0.2) is 0 Å². The summed E-state index contributed by atoms with van der Waals surface area (Å²) in [7, 11) is 0. The first-order valence-electron chi connectivity index (χ1n) is 10.7.